The summed E-state index contributed by atoms with van der Waals surface area (Å²) < 4.78 is 41.6. The van der Waals surface area contributed by atoms with Gasteiger partial charge in [0, 0.05) is 29.5 Å². The Hall–Kier alpha value is 1.90. The normalized spacial score (nSPS) is 11.1. The van der Waals surface area contributed by atoms with Gasteiger partial charge >= 0.3 is 21.7 Å². The molecule has 0 N–H and O–H groups in total. The van der Waals surface area contributed by atoms with Gasteiger partial charge in [-0.25, -0.2) is 0 Å². The van der Waals surface area contributed by atoms with E-state index in [9.17, 15) is 37.8 Å². The molecule has 0 spiro atoms. The van der Waals surface area contributed by atoms with Crippen molar-refractivity contribution in [2.24, 2.45) is 0 Å². The minimum Gasteiger partial charge on any atom is -0.799 e. The zero-order valence-electron chi connectivity index (χ0n) is 19.9. The molecule has 0 bridgehead atoms. The molecule has 0 radical (unpaired) electrons. The first-order chi connectivity index (χ1) is 12.5. The fraction of sp³-hybridized carbons (Fsp3) is 1.00. The molecule has 0 aromatic carbocycles. The minimum atomic E-state index is -2.90. The van der Waals surface area contributed by atoms with Gasteiger partial charge in [-0.1, -0.05) is 55.4 Å². The summed E-state index contributed by atoms with van der Waals surface area (Å²) in [5, 5.41) is 0. The third kappa shape index (κ3) is 37.2. The Balaban J connectivity index is -0.0000000626. The van der Waals surface area contributed by atoms with Crippen molar-refractivity contribution in [1.29, 1.82) is 0 Å². The molecule has 0 amide bonds. The van der Waals surface area contributed by atoms with Gasteiger partial charge in [-0.3, -0.25) is 0 Å². The van der Waals surface area contributed by atoms with Crippen LogP contribution >= 0.6 is 39.4 Å². The van der Waals surface area contributed by atoms with Crippen molar-refractivity contribution in [2.75, 3.05) is 49.3 Å². The summed E-state index contributed by atoms with van der Waals surface area (Å²) in [6, 6.07) is 0. The predicted molar refractivity (Wildman–Crippen MR) is 126 cm³/mol. The van der Waals surface area contributed by atoms with Gasteiger partial charge in [0.1, 0.15) is 0 Å². The van der Waals surface area contributed by atoms with E-state index in [1.54, 1.807) is 55.4 Å². The van der Waals surface area contributed by atoms with Gasteiger partial charge < -0.3 is 37.8 Å². The Kier molecular flexibility index (Phi) is 36.4. The molecule has 0 rings (SSSR count). The molecule has 0 saturated heterocycles. The van der Waals surface area contributed by atoms with E-state index in [0.29, 0.717) is 49.3 Å². The minimum absolute atomic E-state index is 0. The van der Waals surface area contributed by atoms with Crippen LogP contribution in [0.5, 0.6) is 0 Å². The number of hydrogen-bond acceptors (Lipinski definition) is 8. The van der Waals surface area contributed by atoms with Crippen LogP contribution in [0.2, 0.25) is 0 Å². The van der Waals surface area contributed by atoms with Crippen molar-refractivity contribution in [3.63, 3.8) is 0 Å². The van der Waals surface area contributed by atoms with Gasteiger partial charge in [0.15, 0.2) is 0 Å². The summed E-state index contributed by atoms with van der Waals surface area (Å²) in [7, 11) is -11.6. The summed E-state index contributed by atoms with van der Waals surface area (Å²) in [6.07, 6.45) is 2.36. The first-order valence-electron chi connectivity index (χ1n) is 9.65. The molecule has 8 nitrogen and oxygen atoms in total. The zero-order valence-corrected chi connectivity index (χ0v) is 26.5. The second kappa shape index (κ2) is 24.0. The fourth-order valence-electron chi connectivity index (χ4n) is 0.894. The van der Waals surface area contributed by atoms with Crippen molar-refractivity contribution < 1.29 is 59.6 Å². The predicted octanol–water partition coefficient (Wildman–Crippen LogP) is 2.71. The summed E-state index contributed by atoms with van der Waals surface area (Å²) in [6.45, 7) is 13.3. The molecule has 0 saturated carbocycles. The zero-order chi connectivity index (χ0) is 23.7. The SMILES string of the molecule is CCP(=O)([O-])CC.CCP(=O)([O-])CC.CCP(=O)([O-])CC.CCP(=O)([O-])CC.P.[Ti+4]. The van der Waals surface area contributed by atoms with Gasteiger partial charge in [0.2, 0.25) is 0 Å². The standard InChI is InChI=1S/4C4H11O2P.H3P.Ti/c4*1-3-7(5,6)4-2;;/h4*3-4H2,1-2H3,(H,5,6);1H3;/q;;;;;+4/p-4. The smallest absolute Gasteiger partial charge is 0.799 e. The largest absolute Gasteiger partial charge is 4.00 e. The molecule has 1 unspecified atom stereocenters. The van der Waals surface area contributed by atoms with Crippen LogP contribution in [0.1, 0.15) is 55.4 Å². The van der Waals surface area contributed by atoms with Crippen molar-refractivity contribution in [3.8, 4) is 0 Å². The van der Waals surface area contributed by atoms with Gasteiger partial charge in [-0.15, -0.1) is 0 Å². The Bertz CT molecular complexity index is 432. The maximum Gasteiger partial charge on any atom is 4.00 e. The van der Waals surface area contributed by atoms with Crippen molar-refractivity contribution in [2.45, 2.75) is 55.4 Å². The van der Waals surface area contributed by atoms with E-state index in [-0.39, 0.29) is 31.6 Å². The molecule has 184 valence electrons. The molecule has 0 fully saturated rings. The average molecular weight is 566 g/mol. The summed E-state index contributed by atoms with van der Waals surface area (Å²) in [5.74, 6) is 0. The van der Waals surface area contributed by atoms with Crippen LogP contribution in [0.4, 0.5) is 0 Å². The van der Waals surface area contributed by atoms with Crippen LogP contribution in [-0.4, -0.2) is 49.3 Å². The van der Waals surface area contributed by atoms with Gasteiger partial charge in [0.05, 0.1) is 0 Å². The van der Waals surface area contributed by atoms with E-state index in [1.165, 1.54) is 0 Å². The molecule has 0 aromatic rings. The van der Waals surface area contributed by atoms with Crippen molar-refractivity contribution >= 4 is 39.4 Å². The van der Waals surface area contributed by atoms with Crippen LogP contribution in [0.15, 0.2) is 0 Å². The van der Waals surface area contributed by atoms with E-state index in [1.807, 2.05) is 0 Å². The monoisotopic (exact) mass is 566 g/mol. The molecule has 1 atom stereocenters. The molecule has 0 aliphatic heterocycles. The van der Waals surface area contributed by atoms with Crippen molar-refractivity contribution in [3.05, 3.63) is 0 Å². The molecule has 30 heavy (non-hydrogen) atoms. The molecule has 0 heterocycles. The first-order valence-corrected chi connectivity index (χ1v) is 17.6. The topological polar surface area (TPSA) is 161 Å². The Morgan fingerprint density at radius 1 is 0.400 bits per heavy atom. The molecular formula is C16H43O8P5Ti. The Morgan fingerprint density at radius 3 is 0.467 bits per heavy atom. The second-order valence-electron chi connectivity index (χ2n) is 5.79. The molecular weight excluding hydrogens is 523 g/mol. The molecule has 0 aromatic heterocycles. The van der Waals surface area contributed by atoms with Crippen LogP contribution in [0, 0.1) is 0 Å². The number of hydrogen-bond donors (Lipinski definition) is 0. The second-order valence-corrected chi connectivity index (χ2v) is 17.4. The van der Waals surface area contributed by atoms with Crippen LogP contribution < -0.4 is 19.6 Å². The van der Waals surface area contributed by atoms with E-state index < -0.39 is 29.5 Å². The summed E-state index contributed by atoms with van der Waals surface area (Å²) >= 11 is 0. The third-order valence-corrected chi connectivity index (χ3v) is 11.6. The quantitative estimate of drug-likeness (QED) is 0.320. The summed E-state index contributed by atoms with van der Waals surface area (Å²) in [5.41, 5.74) is 0. The summed E-state index contributed by atoms with van der Waals surface area (Å²) in [4.78, 5) is 41.6. The number of rotatable bonds is 8. The maximum absolute atomic E-state index is 10.4. The Labute approximate surface area is 203 Å². The maximum atomic E-state index is 10.4. The molecule has 14 heteroatoms. The van der Waals surface area contributed by atoms with Gasteiger partial charge in [-0.05, 0) is 49.3 Å². The third-order valence-electron chi connectivity index (χ3n) is 3.85. The van der Waals surface area contributed by atoms with Gasteiger partial charge in [0.25, 0.3) is 0 Å². The van der Waals surface area contributed by atoms with Crippen LogP contribution in [0.3, 0.4) is 0 Å². The molecule has 0 aliphatic rings. The van der Waals surface area contributed by atoms with E-state index in [2.05, 4.69) is 0 Å². The fourth-order valence-corrected chi connectivity index (χ4v) is 2.68. The van der Waals surface area contributed by atoms with Crippen LogP contribution in [-0.2, 0) is 40.0 Å². The van der Waals surface area contributed by atoms with E-state index in [0.717, 1.165) is 0 Å². The molecule has 0 aliphatic carbocycles. The van der Waals surface area contributed by atoms with E-state index in [4.69, 9.17) is 0 Å². The first kappa shape index (κ1) is 45.4. The van der Waals surface area contributed by atoms with Crippen molar-refractivity contribution in [1.82, 2.24) is 0 Å². The Morgan fingerprint density at radius 2 is 0.467 bits per heavy atom. The van der Waals surface area contributed by atoms with Crippen LogP contribution in [0.25, 0.3) is 0 Å². The van der Waals surface area contributed by atoms with E-state index >= 15 is 0 Å². The van der Waals surface area contributed by atoms with Gasteiger partial charge in [-0.2, -0.15) is 9.90 Å². The average Bonchev–Trinajstić information content (AvgIpc) is 2.69.